The van der Waals surface area contributed by atoms with Gasteiger partial charge in [0.25, 0.3) is 0 Å². The Bertz CT molecular complexity index is 1110. The van der Waals surface area contributed by atoms with Crippen LogP contribution in [0.25, 0.3) is 10.9 Å². The largest absolute Gasteiger partial charge is 0.491 e. The molecule has 0 aliphatic rings. The molecule has 0 atom stereocenters. The summed E-state index contributed by atoms with van der Waals surface area (Å²) in [4.78, 5) is 21.0. The van der Waals surface area contributed by atoms with Crippen LogP contribution in [0, 0.1) is 5.82 Å². The van der Waals surface area contributed by atoms with Gasteiger partial charge in [-0.3, -0.25) is 4.79 Å². The Balaban J connectivity index is 2.00. The zero-order chi connectivity index (χ0) is 22.2. The summed E-state index contributed by atoms with van der Waals surface area (Å²) >= 11 is 9.15. The number of allylic oxidation sites excluding steroid dienone is 2. The molecule has 2 aromatic carbocycles. The lowest BCUT2D eigenvalue weighted by Gasteiger charge is -2.14. The smallest absolute Gasteiger partial charge is 0.159 e. The van der Waals surface area contributed by atoms with Crippen molar-refractivity contribution in [2.75, 3.05) is 31.0 Å². The number of anilines is 2. The number of ether oxygens (including phenoxy) is 2. The summed E-state index contributed by atoms with van der Waals surface area (Å²) in [6, 6.07) is 7.91. The molecular weight excluding hydrogens is 489 g/mol. The van der Waals surface area contributed by atoms with Gasteiger partial charge in [-0.2, -0.15) is 0 Å². The minimum absolute atomic E-state index is 0.00190. The van der Waals surface area contributed by atoms with Crippen LogP contribution < -0.4 is 10.1 Å². The van der Waals surface area contributed by atoms with E-state index < -0.39 is 5.82 Å². The molecule has 1 aromatic heterocycles. The van der Waals surface area contributed by atoms with E-state index >= 15 is 0 Å². The van der Waals surface area contributed by atoms with Crippen molar-refractivity contribution in [1.29, 1.82) is 0 Å². The van der Waals surface area contributed by atoms with Gasteiger partial charge in [0.05, 0.1) is 17.1 Å². The molecule has 162 valence electrons. The third kappa shape index (κ3) is 6.22. The highest BCUT2D eigenvalue weighted by atomic mass is 79.9. The van der Waals surface area contributed by atoms with Gasteiger partial charge < -0.3 is 14.8 Å². The Kier molecular flexibility index (Phi) is 8.34. The van der Waals surface area contributed by atoms with Gasteiger partial charge in [0.1, 0.15) is 30.3 Å². The van der Waals surface area contributed by atoms with Crippen LogP contribution in [0.3, 0.4) is 0 Å². The number of hydrogen-bond donors (Lipinski definition) is 1. The number of alkyl halides is 1. The Morgan fingerprint density at radius 1 is 1.26 bits per heavy atom. The van der Waals surface area contributed by atoms with Crippen LogP contribution >= 0.6 is 27.5 Å². The highest BCUT2D eigenvalue weighted by Crippen LogP contribution is 2.31. The van der Waals surface area contributed by atoms with Gasteiger partial charge in [-0.15, -0.1) is 0 Å². The van der Waals surface area contributed by atoms with Crippen molar-refractivity contribution in [3.8, 4) is 5.75 Å². The zero-order valence-electron chi connectivity index (χ0n) is 16.7. The fourth-order valence-corrected chi connectivity index (χ4v) is 3.24. The lowest BCUT2D eigenvalue weighted by Crippen LogP contribution is -2.08. The number of carbonyl (C=O) groups is 1. The van der Waals surface area contributed by atoms with E-state index in [9.17, 15) is 9.18 Å². The highest BCUT2D eigenvalue weighted by molar-refractivity contribution is 9.09. The van der Waals surface area contributed by atoms with Crippen molar-refractivity contribution in [3.05, 3.63) is 65.2 Å². The molecule has 0 bridgehead atoms. The molecule has 6 nitrogen and oxygen atoms in total. The summed E-state index contributed by atoms with van der Waals surface area (Å²) < 4.78 is 24.4. The minimum atomic E-state index is -0.505. The van der Waals surface area contributed by atoms with Gasteiger partial charge >= 0.3 is 0 Å². The van der Waals surface area contributed by atoms with Gasteiger partial charge in [-0.25, -0.2) is 14.4 Å². The Hall–Kier alpha value is -2.55. The van der Waals surface area contributed by atoms with Gasteiger partial charge in [0.15, 0.2) is 5.78 Å². The maximum absolute atomic E-state index is 13.5. The fraction of sp³-hybridized carbons (Fsp3) is 0.227. The highest BCUT2D eigenvalue weighted by Gasteiger charge is 2.14. The number of hydrogen-bond acceptors (Lipinski definition) is 6. The number of ketones is 1. The van der Waals surface area contributed by atoms with E-state index in [0.717, 1.165) is 0 Å². The third-order valence-corrected chi connectivity index (χ3v) is 4.97. The molecule has 0 aliphatic heterocycles. The summed E-state index contributed by atoms with van der Waals surface area (Å²) in [7, 11) is 1.59. The number of fused-ring (bicyclic) bond motifs is 1. The van der Waals surface area contributed by atoms with E-state index in [4.69, 9.17) is 21.1 Å². The van der Waals surface area contributed by atoms with Crippen molar-refractivity contribution >= 4 is 55.7 Å². The first-order valence-corrected chi connectivity index (χ1v) is 10.9. The lowest BCUT2D eigenvalue weighted by atomic mass is 10.0. The van der Waals surface area contributed by atoms with Crippen LogP contribution in [0.2, 0.25) is 5.02 Å². The molecule has 0 fully saturated rings. The Labute approximate surface area is 192 Å². The number of aromatic nitrogens is 2. The fourth-order valence-electron chi connectivity index (χ4n) is 2.87. The maximum Gasteiger partial charge on any atom is 0.159 e. The first-order valence-electron chi connectivity index (χ1n) is 9.38. The van der Waals surface area contributed by atoms with E-state index in [-0.39, 0.29) is 17.2 Å². The molecule has 0 saturated carbocycles. The monoisotopic (exact) mass is 507 g/mol. The van der Waals surface area contributed by atoms with Crippen molar-refractivity contribution in [3.63, 3.8) is 0 Å². The molecule has 0 spiro atoms. The summed E-state index contributed by atoms with van der Waals surface area (Å²) in [5.74, 6) is 0.488. The van der Waals surface area contributed by atoms with E-state index in [1.807, 2.05) is 6.07 Å². The Morgan fingerprint density at radius 3 is 2.84 bits per heavy atom. The molecule has 0 radical (unpaired) electrons. The molecule has 0 aliphatic carbocycles. The van der Waals surface area contributed by atoms with Crippen LogP contribution in [-0.2, 0) is 16.0 Å². The molecule has 3 aromatic rings. The Morgan fingerprint density at radius 2 is 2.10 bits per heavy atom. The van der Waals surface area contributed by atoms with E-state index in [1.54, 1.807) is 25.3 Å². The second-order valence-electron chi connectivity index (χ2n) is 6.49. The van der Waals surface area contributed by atoms with Gasteiger partial charge in [-0.05, 0) is 30.3 Å². The molecule has 31 heavy (non-hydrogen) atoms. The topological polar surface area (TPSA) is 73.3 Å². The molecule has 9 heteroatoms. The van der Waals surface area contributed by atoms with E-state index in [1.165, 1.54) is 24.5 Å². The summed E-state index contributed by atoms with van der Waals surface area (Å²) in [5, 5.41) is 4.42. The van der Waals surface area contributed by atoms with Crippen molar-refractivity contribution in [2.24, 2.45) is 0 Å². The first kappa shape index (κ1) is 23.1. The maximum atomic E-state index is 13.5. The van der Waals surface area contributed by atoms with Crippen molar-refractivity contribution < 1.29 is 18.7 Å². The van der Waals surface area contributed by atoms with Crippen molar-refractivity contribution in [1.82, 2.24) is 9.97 Å². The summed E-state index contributed by atoms with van der Waals surface area (Å²) in [5.41, 5.74) is 1.90. The molecule has 1 N–H and O–H groups in total. The molecule has 1 heterocycles. The number of halogens is 3. The van der Waals surface area contributed by atoms with Crippen LogP contribution in [0.4, 0.5) is 15.9 Å². The number of nitrogens with one attached hydrogen (secondary N) is 1. The zero-order valence-corrected chi connectivity index (χ0v) is 19.0. The number of rotatable bonds is 10. The molecule has 0 amide bonds. The number of benzene rings is 2. The normalized spacial score (nSPS) is 11.2. The quantitative estimate of drug-likeness (QED) is 0.229. The number of methoxy groups -OCH3 is 1. The number of carbonyl (C=O) groups excluding carboxylic acids is 1. The summed E-state index contributed by atoms with van der Waals surface area (Å²) in [6.07, 6.45) is 4.83. The average molecular weight is 509 g/mol. The third-order valence-electron chi connectivity index (χ3n) is 4.30. The summed E-state index contributed by atoms with van der Waals surface area (Å²) in [6.45, 7) is 0.752. The van der Waals surface area contributed by atoms with Gasteiger partial charge in [0.2, 0.25) is 0 Å². The average Bonchev–Trinajstić information content (AvgIpc) is 2.75. The van der Waals surface area contributed by atoms with Crippen molar-refractivity contribution in [2.45, 2.75) is 6.42 Å². The molecule has 0 saturated heterocycles. The van der Waals surface area contributed by atoms with Crippen LogP contribution in [0.15, 0.2) is 48.8 Å². The van der Waals surface area contributed by atoms with E-state index in [0.29, 0.717) is 52.3 Å². The minimum Gasteiger partial charge on any atom is -0.491 e. The van der Waals surface area contributed by atoms with Crippen LogP contribution in [0.1, 0.15) is 5.56 Å². The standard InChI is InChI=1S/C22H20BrClFN3O3/c1-30-7-8-31-21-12-20-17(10-14(21)9-16(29)3-2-6-23)22(27-13-26-20)28-15-4-5-19(25)18(24)11-15/h2-5,10-13H,6-9H2,1H3,(H,26,27,28)/b3-2+. The predicted octanol–water partition coefficient (Wildman–Crippen LogP) is 5.25. The van der Waals surface area contributed by atoms with E-state index in [2.05, 4.69) is 31.2 Å². The SMILES string of the molecule is COCCOc1cc2ncnc(Nc3ccc(F)c(Cl)c3)c2cc1CC(=O)/C=C/CBr. The second-order valence-corrected chi connectivity index (χ2v) is 7.55. The molecule has 3 rings (SSSR count). The number of nitrogens with zero attached hydrogens (tertiary/aromatic N) is 2. The van der Waals surface area contributed by atoms with Crippen LogP contribution in [0.5, 0.6) is 5.75 Å². The van der Waals surface area contributed by atoms with Gasteiger partial charge in [-0.1, -0.05) is 33.6 Å². The molecular formula is C22H20BrClFN3O3. The van der Waals surface area contributed by atoms with Crippen LogP contribution in [-0.4, -0.2) is 41.4 Å². The first-order chi connectivity index (χ1) is 15.0. The predicted molar refractivity (Wildman–Crippen MR) is 123 cm³/mol. The molecule has 0 unspecified atom stereocenters. The lowest BCUT2D eigenvalue weighted by molar-refractivity contribution is -0.114. The second kappa shape index (κ2) is 11.2. The van der Waals surface area contributed by atoms with Gasteiger partial charge in [0, 0.05) is 41.6 Å².